The number of carbonyl (C=O) groups is 1. The second-order valence-electron chi connectivity index (χ2n) is 5.66. The third-order valence-electron chi connectivity index (χ3n) is 3.51. The molecule has 0 N–H and O–H groups in total. The fourth-order valence-corrected chi connectivity index (χ4v) is 2.70. The van der Waals surface area contributed by atoms with Crippen LogP contribution in [0, 0.1) is 31.0 Å². The number of benzene rings is 2. The second-order valence-corrected chi connectivity index (χ2v) is 6.07. The molecule has 2 aromatic rings. The minimum atomic E-state index is -0.477. The Hall–Kier alpha value is -2.58. The molecule has 0 saturated carbocycles. The summed E-state index contributed by atoms with van der Waals surface area (Å²) in [6.07, 6.45) is 0.204. The number of halogens is 2. The van der Waals surface area contributed by atoms with Gasteiger partial charge in [0.05, 0.1) is 17.5 Å². The maximum absolute atomic E-state index is 13.1. The molecule has 25 heavy (non-hydrogen) atoms. The molecule has 0 aromatic heterocycles. The zero-order valence-corrected chi connectivity index (χ0v) is 14.8. The highest BCUT2D eigenvalue weighted by Gasteiger charge is 2.17. The molecule has 4 nitrogen and oxygen atoms in total. The van der Waals surface area contributed by atoms with Crippen molar-refractivity contribution in [3.63, 3.8) is 0 Å². The van der Waals surface area contributed by atoms with Gasteiger partial charge in [0, 0.05) is 12.2 Å². The molecule has 130 valence electrons. The third kappa shape index (κ3) is 5.20. The van der Waals surface area contributed by atoms with E-state index in [0.29, 0.717) is 5.69 Å². The molecule has 0 fully saturated rings. The van der Waals surface area contributed by atoms with E-state index in [0.717, 1.165) is 17.2 Å². The van der Waals surface area contributed by atoms with E-state index in [2.05, 4.69) is 0 Å². The van der Waals surface area contributed by atoms with E-state index in [1.54, 1.807) is 0 Å². The number of anilines is 1. The SMILES string of the molecule is Cc1cc(C)cc(N(CCC#N)C(=O)COc2ccc(F)cc2Cl)c1. The predicted octanol–water partition coefficient (Wildman–Crippen LogP) is 4.42. The van der Waals surface area contributed by atoms with Crippen molar-refractivity contribution in [3.05, 3.63) is 58.4 Å². The van der Waals surface area contributed by atoms with Gasteiger partial charge in [-0.15, -0.1) is 0 Å². The zero-order chi connectivity index (χ0) is 18.4. The molecule has 0 aliphatic heterocycles. The first-order chi connectivity index (χ1) is 11.9. The lowest BCUT2D eigenvalue weighted by atomic mass is 10.1. The first-order valence-corrected chi connectivity index (χ1v) is 8.12. The summed E-state index contributed by atoms with van der Waals surface area (Å²) in [7, 11) is 0. The van der Waals surface area contributed by atoms with Gasteiger partial charge in [-0.1, -0.05) is 17.7 Å². The Balaban J connectivity index is 2.16. The average molecular weight is 361 g/mol. The molecule has 0 heterocycles. The van der Waals surface area contributed by atoms with E-state index in [-0.39, 0.29) is 36.3 Å². The van der Waals surface area contributed by atoms with E-state index >= 15 is 0 Å². The molecule has 6 heteroatoms. The van der Waals surface area contributed by atoms with E-state index in [4.69, 9.17) is 21.6 Å². The minimum Gasteiger partial charge on any atom is -0.482 e. The van der Waals surface area contributed by atoms with Crippen LogP contribution in [-0.2, 0) is 4.79 Å². The summed E-state index contributed by atoms with van der Waals surface area (Å²) < 4.78 is 18.5. The van der Waals surface area contributed by atoms with Crippen molar-refractivity contribution in [2.75, 3.05) is 18.1 Å². The number of hydrogen-bond donors (Lipinski definition) is 0. The summed E-state index contributed by atoms with van der Waals surface area (Å²) in [5, 5.41) is 8.95. The molecule has 0 unspecified atom stereocenters. The number of ether oxygens (including phenoxy) is 1. The van der Waals surface area contributed by atoms with E-state index < -0.39 is 5.82 Å². The Bertz CT molecular complexity index is 797. The number of nitrogens with zero attached hydrogens (tertiary/aromatic N) is 2. The summed E-state index contributed by atoms with van der Waals surface area (Å²) >= 11 is 5.90. The van der Waals surface area contributed by atoms with Crippen LogP contribution in [0.2, 0.25) is 5.02 Å². The number of nitriles is 1. The van der Waals surface area contributed by atoms with Crippen LogP contribution in [0.1, 0.15) is 17.5 Å². The third-order valence-corrected chi connectivity index (χ3v) is 3.81. The van der Waals surface area contributed by atoms with E-state index in [1.807, 2.05) is 38.1 Å². The molecular weight excluding hydrogens is 343 g/mol. The van der Waals surface area contributed by atoms with Crippen LogP contribution in [0.3, 0.4) is 0 Å². The van der Waals surface area contributed by atoms with Crippen molar-refractivity contribution in [1.82, 2.24) is 0 Å². The number of aryl methyl sites for hydroxylation is 2. The van der Waals surface area contributed by atoms with Crippen LogP contribution in [0.15, 0.2) is 36.4 Å². The molecule has 0 atom stereocenters. The van der Waals surface area contributed by atoms with Crippen molar-refractivity contribution in [1.29, 1.82) is 5.26 Å². The molecule has 0 aliphatic carbocycles. The quantitative estimate of drug-likeness (QED) is 0.766. The van der Waals surface area contributed by atoms with Crippen LogP contribution in [0.5, 0.6) is 5.75 Å². The molecule has 0 spiro atoms. The maximum atomic E-state index is 13.1. The standard InChI is InChI=1S/C19H18ClFN2O2/c1-13-8-14(2)10-16(9-13)23(7-3-6-22)19(24)12-25-18-5-4-15(21)11-17(18)20/h4-5,8-11H,3,7,12H2,1-2H3. The molecule has 0 saturated heterocycles. The van der Waals surface area contributed by atoms with Crippen LogP contribution in [0.25, 0.3) is 0 Å². The molecule has 2 aromatic carbocycles. The monoisotopic (exact) mass is 360 g/mol. The van der Waals surface area contributed by atoms with Crippen molar-refractivity contribution in [2.24, 2.45) is 0 Å². The largest absolute Gasteiger partial charge is 0.482 e. The van der Waals surface area contributed by atoms with Crippen LogP contribution < -0.4 is 9.64 Å². The molecule has 0 bridgehead atoms. The molecular formula is C19H18ClFN2O2. The van der Waals surface area contributed by atoms with Gasteiger partial charge < -0.3 is 9.64 Å². The Morgan fingerprint density at radius 3 is 2.52 bits per heavy atom. The van der Waals surface area contributed by atoms with Gasteiger partial charge in [0.1, 0.15) is 11.6 Å². The Labute approximate surface area is 151 Å². The van der Waals surface area contributed by atoms with Crippen molar-refractivity contribution >= 4 is 23.2 Å². The number of amides is 1. The molecule has 0 radical (unpaired) electrons. The summed E-state index contributed by atoms with van der Waals surface area (Å²) in [6.45, 7) is 3.89. The Morgan fingerprint density at radius 2 is 1.92 bits per heavy atom. The lowest BCUT2D eigenvalue weighted by molar-refractivity contribution is -0.120. The first-order valence-electron chi connectivity index (χ1n) is 7.74. The molecule has 0 aliphatic rings. The second kappa shape index (κ2) is 8.50. The highest BCUT2D eigenvalue weighted by molar-refractivity contribution is 6.32. The van der Waals surface area contributed by atoms with Gasteiger partial charge >= 0.3 is 0 Å². The number of rotatable bonds is 6. The lowest BCUT2D eigenvalue weighted by Gasteiger charge is -2.23. The van der Waals surface area contributed by atoms with Gasteiger partial charge in [-0.05, 0) is 55.3 Å². The van der Waals surface area contributed by atoms with Crippen molar-refractivity contribution in [3.8, 4) is 11.8 Å². The zero-order valence-electron chi connectivity index (χ0n) is 14.1. The van der Waals surface area contributed by atoms with E-state index in [9.17, 15) is 9.18 Å². The average Bonchev–Trinajstić information content (AvgIpc) is 2.53. The van der Waals surface area contributed by atoms with Crippen molar-refractivity contribution in [2.45, 2.75) is 20.3 Å². The molecule has 2 rings (SSSR count). The smallest absolute Gasteiger partial charge is 0.264 e. The summed E-state index contributed by atoms with van der Waals surface area (Å²) in [4.78, 5) is 14.1. The van der Waals surface area contributed by atoms with Gasteiger partial charge in [-0.2, -0.15) is 5.26 Å². The van der Waals surface area contributed by atoms with Crippen LogP contribution in [-0.4, -0.2) is 19.1 Å². The topological polar surface area (TPSA) is 53.3 Å². The fraction of sp³-hybridized carbons (Fsp3) is 0.263. The van der Waals surface area contributed by atoms with E-state index in [1.165, 1.54) is 17.0 Å². The summed E-state index contributed by atoms with van der Waals surface area (Å²) in [6, 6.07) is 11.5. The highest BCUT2D eigenvalue weighted by atomic mass is 35.5. The minimum absolute atomic E-state index is 0.0998. The first kappa shape index (κ1) is 18.8. The molecule has 1 amide bonds. The number of hydrogen-bond acceptors (Lipinski definition) is 3. The summed E-state index contributed by atoms with van der Waals surface area (Å²) in [5.74, 6) is -0.549. The normalized spacial score (nSPS) is 10.2. The Kier molecular flexibility index (Phi) is 6.37. The van der Waals surface area contributed by atoms with Crippen LogP contribution in [0.4, 0.5) is 10.1 Å². The van der Waals surface area contributed by atoms with Crippen molar-refractivity contribution < 1.29 is 13.9 Å². The summed E-state index contributed by atoms with van der Waals surface area (Å²) in [5.41, 5.74) is 2.76. The van der Waals surface area contributed by atoms with Gasteiger partial charge in [-0.25, -0.2) is 4.39 Å². The lowest BCUT2D eigenvalue weighted by Crippen LogP contribution is -2.35. The van der Waals surface area contributed by atoms with Crippen LogP contribution >= 0.6 is 11.6 Å². The van der Waals surface area contributed by atoms with Gasteiger partial charge in [0.2, 0.25) is 0 Å². The number of carbonyl (C=O) groups excluding carboxylic acids is 1. The van der Waals surface area contributed by atoms with Gasteiger partial charge in [0.15, 0.2) is 6.61 Å². The van der Waals surface area contributed by atoms with Gasteiger partial charge in [0.25, 0.3) is 5.91 Å². The Morgan fingerprint density at radius 1 is 1.24 bits per heavy atom. The fourth-order valence-electron chi connectivity index (χ4n) is 2.48. The van der Waals surface area contributed by atoms with Gasteiger partial charge in [-0.3, -0.25) is 4.79 Å². The predicted molar refractivity (Wildman–Crippen MR) is 95.4 cm³/mol. The highest BCUT2D eigenvalue weighted by Crippen LogP contribution is 2.25. The maximum Gasteiger partial charge on any atom is 0.264 e.